The molecule has 0 bridgehead atoms. The molecule has 142 valence electrons. The van der Waals surface area contributed by atoms with Crippen molar-refractivity contribution < 1.29 is 18.7 Å². The summed E-state index contributed by atoms with van der Waals surface area (Å²) in [5.74, 6) is -0.444. The lowest BCUT2D eigenvalue weighted by Crippen LogP contribution is -2.52. The summed E-state index contributed by atoms with van der Waals surface area (Å²) >= 11 is 0. The fourth-order valence-corrected chi connectivity index (χ4v) is 3.48. The van der Waals surface area contributed by atoms with Gasteiger partial charge >= 0.3 is 0 Å². The highest BCUT2D eigenvalue weighted by molar-refractivity contribution is 5.93. The van der Waals surface area contributed by atoms with Gasteiger partial charge in [0.1, 0.15) is 17.6 Å². The van der Waals surface area contributed by atoms with E-state index in [1.165, 1.54) is 12.1 Å². The number of hydrogen-bond donors (Lipinski definition) is 1. The highest BCUT2D eigenvalue weighted by atomic mass is 19.1. The number of carbonyl (C=O) groups excluding carboxylic acids is 2. The number of amides is 2. The molecule has 2 amide bonds. The Morgan fingerprint density at radius 3 is 2.48 bits per heavy atom. The Hall–Kier alpha value is -2.74. The summed E-state index contributed by atoms with van der Waals surface area (Å²) < 4.78 is 18.5. The molecule has 0 aliphatic carbocycles. The first kappa shape index (κ1) is 17.7. The van der Waals surface area contributed by atoms with Crippen molar-refractivity contribution in [1.29, 1.82) is 0 Å². The molecule has 1 aromatic heterocycles. The van der Waals surface area contributed by atoms with Crippen molar-refractivity contribution in [2.24, 2.45) is 0 Å². The average molecular weight is 372 g/mol. The number of hydrogen-bond acceptors (Lipinski definition) is 4. The van der Waals surface area contributed by atoms with Crippen molar-refractivity contribution in [2.45, 2.75) is 18.9 Å². The average Bonchev–Trinajstić information content (AvgIpc) is 3.40. The van der Waals surface area contributed by atoms with Gasteiger partial charge in [-0.2, -0.15) is 5.10 Å². The minimum Gasteiger partial charge on any atom is -0.368 e. The van der Waals surface area contributed by atoms with Gasteiger partial charge in [0.2, 0.25) is 0 Å². The van der Waals surface area contributed by atoms with Gasteiger partial charge in [-0.3, -0.25) is 14.7 Å². The van der Waals surface area contributed by atoms with Gasteiger partial charge < -0.3 is 14.5 Å². The van der Waals surface area contributed by atoms with Crippen LogP contribution in [0.1, 0.15) is 23.3 Å². The molecule has 2 aromatic rings. The van der Waals surface area contributed by atoms with Gasteiger partial charge in [-0.15, -0.1) is 0 Å². The smallest absolute Gasteiger partial charge is 0.272 e. The zero-order valence-electron chi connectivity index (χ0n) is 14.9. The Labute approximate surface area is 156 Å². The van der Waals surface area contributed by atoms with Gasteiger partial charge in [0.05, 0.1) is 5.69 Å². The number of halogens is 1. The summed E-state index contributed by atoms with van der Waals surface area (Å²) in [6.07, 6.45) is 1.38. The molecule has 8 heteroatoms. The molecule has 0 saturated carbocycles. The van der Waals surface area contributed by atoms with Gasteiger partial charge in [-0.1, -0.05) is 0 Å². The summed E-state index contributed by atoms with van der Waals surface area (Å²) in [5.41, 5.74) is 1.71. The van der Waals surface area contributed by atoms with Crippen LogP contribution in [0, 0.1) is 5.82 Å². The van der Waals surface area contributed by atoms with Crippen LogP contribution in [0.15, 0.2) is 30.3 Å². The minimum absolute atomic E-state index is 0.0275. The molecule has 2 aliphatic rings. The summed E-state index contributed by atoms with van der Waals surface area (Å²) in [5, 5.41) is 6.91. The molecule has 1 N–H and O–H groups in total. The largest absolute Gasteiger partial charge is 0.368 e. The van der Waals surface area contributed by atoms with Crippen LogP contribution >= 0.6 is 0 Å². The Bertz CT molecular complexity index is 822. The predicted octanol–water partition coefficient (Wildman–Crippen LogP) is 1.68. The van der Waals surface area contributed by atoms with Crippen LogP contribution < -0.4 is 0 Å². The Kier molecular flexibility index (Phi) is 4.89. The fourth-order valence-electron chi connectivity index (χ4n) is 3.48. The van der Waals surface area contributed by atoms with Crippen LogP contribution in [0.4, 0.5) is 4.39 Å². The van der Waals surface area contributed by atoms with Crippen LogP contribution in [-0.2, 0) is 9.53 Å². The van der Waals surface area contributed by atoms with Crippen LogP contribution in [0.5, 0.6) is 0 Å². The number of nitrogens with one attached hydrogen (secondary N) is 1. The lowest BCUT2D eigenvalue weighted by atomic mass is 10.1. The third-order valence-corrected chi connectivity index (χ3v) is 5.03. The lowest BCUT2D eigenvalue weighted by Gasteiger charge is -2.35. The zero-order valence-corrected chi connectivity index (χ0v) is 14.9. The van der Waals surface area contributed by atoms with E-state index in [4.69, 9.17) is 4.74 Å². The highest BCUT2D eigenvalue weighted by Crippen LogP contribution is 2.20. The van der Waals surface area contributed by atoms with Crippen LogP contribution in [0.2, 0.25) is 0 Å². The zero-order chi connectivity index (χ0) is 18.8. The quantitative estimate of drug-likeness (QED) is 0.889. The molecular weight excluding hydrogens is 351 g/mol. The number of H-pyrrole nitrogens is 1. The Balaban J connectivity index is 1.37. The van der Waals surface area contributed by atoms with E-state index in [9.17, 15) is 14.0 Å². The molecule has 4 rings (SSSR count). The monoisotopic (exact) mass is 372 g/mol. The van der Waals surface area contributed by atoms with Crippen molar-refractivity contribution in [3.63, 3.8) is 0 Å². The standard InChI is InChI=1S/C19H21FN4O3/c20-14-5-3-13(4-6-14)15-12-16(22-21-15)18(25)23-7-9-24(10-8-23)19(26)17-2-1-11-27-17/h3-6,12,17H,1-2,7-11H2,(H,21,22)/t17-/m0/s1. The second-order valence-corrected chi connectivity index (χ2v) is 6.79. The van der Waals surface area contributed by atoms with E-state index in [1.54, 1.807) is 28.0 Å². The number of aromatic amines is 1. The van der Waals surface area contributed by atoms with E-state index in [2.05, 4.69) is 10.2 Å². The third-order valence-electron chi connectivity index (χ3n) is 5.03. The van der Waals surface area contributed by atoms with E-state index in [0.29, 0.717) is 44.2 Å². The summed E-state index contributed by atoms with van der Waals surface area (Å²) in [6.45, 7) is 2.60. The molecule has 2 aliphatic heterocycles. The molecule has 0 unspecified atom stereocenters. The highest BCUT2D eigenvalue weighted by Gasteiger charge is 2.31. The van der Waals surface area contributed by atoms with Crippen molar-refractivity contribution in [2.75, 3.05) is 32.8 Å². The van der Waals surface area contributed by atoms with E-state index in [0.717, 1.165) is 18.4 Å². The van der Waals surface area contributed by atoms with Gasteiger partial charge in [0, 0.05) is 38.3 Å². The van der Waals surface area contributed by atoms with E-state index < -0.39 is 0 Å². The minimum atomic E-state index is -0.321. The maximum atomic E-state index is 13.0. The number of nitrogens with zero attached hydrogens (tertiary/aromatic N) is 3. The molecule has 1 aromatic carbocycles. The van der Waals surface area contributed by atoms with Crippen LogP contribution in [-0.4, -0.2) is 70.7 Å². The molecule has 0 radical (unpaired) electrons. The molecule has 0 spiro atoms. The predicted molar refractivity (Wildman–Crippen MR) is 95.4 cm³/mol. The number of piperazine rings is 1. The van der Waals surface area contributed by atoms with Gasteiger partial charge in [-0.05, 0) is 43.2 Å². The van der Waals surface area contributed by atoms with Gasteiger partial charge in [0.25, 0.3) is 11.8 Å². The number of ether oxygens (including phenoxy) is 1. The second-order valence-electron chi connectivity index (χ2n) is 6.79. The van der Waals surface area contributed by atoms with Gasteiger partial charge in [0.15, 0.2) is 0 Å². The van der Waals surface area contributed by atoms with E-state index in [-0.39, 0.29) is 23.7 Å². The van der Waals surface area contributed by atoms with Crippen molar-refractivity contribution in [3.05, 3.63) is 41.8 Å². The molecular formula is C19H21FN4O3. The van der Waals surface area contributed by atoms with Crippen molar-refractivity contribution in [1.82, 2.24) is 20.0 Å². The molecule has 7 nitrogen and oxygen atoms in total. The van der Waals surface area contributed by atoms with E-state index >= 15 is 0 Å². The third kappa shape index (κ3) is 3.71. The lowest BCUT2D eigenvalue weighted by molar-refractivity contribution is -0.142. The molecule has 2 saturated heterocycles. The maximum Gasteiger partial charge on any atom is 0.272 e. The number of aromatic nitrogens is 2. The Morgan fingerprint density at radius 2 is 1.81 bits per heavy atom. The van der Waals surface area contributed by atoms with Crippen LogP contribution in [0.3, 0.4) is 0 Å². The molecule has 1 atom stereocenters. The first-order valence-corrected chi connectivity index (χ1v) is 9.13. The van der Waals surface area contributed by atoms with E-state index in [1.807, 2.05) is 0 Å². The number of carbonyl (C=O) groups is 2. The topological polar surface area (TPSA) is 78.5 Å². The molecule has 3 heterocycles. The van der Waals surface area contributed by atoms with Crippen molar-refractivity contribution in [3.8, 4) is 11.3 Å². The molecule has 2 fully saturated rings. The first-order valence-electron chi connectivity index (χ1n) is 9.13. The Morgan fingerprint density at radius 1 is 1.11 bits per heavy atom. The maximum absolute atomic E-state index is 13.0. The van der Waals surface area contributed by atoms with Gasteiger partial charge in [-0.25, -0.2) is 4.39 Å². The van der Waals surface area contributed by atoms with Crippen LogP contribution in [0.25, 0.3) is 11.3 Å². The summed E-state index contributed by atoms with van der Waals surface area (Å²) in [4.78, 5) is 28.6. The fraction of sp³-hybridized carbons (Fsp3) is 0.421. The normalized spacial score (nSPS) is 20.1. The first-order chi connectivity index (χ1) is 13.1. The molecule has 27 heavy (non-hydrogen) atoms. The summed E-state index contributed by atoms with van der Waals surface area (Å²) in [7, 11) is 0. The summed E-state index contributed by atoms with van der Waals surface area (Å²) in [6, 6.07) is 7.62. The number of benzene rings is 1. The SMILES string of the molecule is O=C(c1cc(-c2ccc(F)cc2)n[nH]1)N1CCN(C(=O)[C@@H]2CCCO2)CC1. The second kappa shape index (κ2) is 7.48. The van der Waals surface area contributed by atoms with Crippen molar-refractivity contribution >= 4 is 11.8 Å². The number of rotatable bonds is 3.